The Kier molecular flexibility index (Phi) is 3.94. The molecular weight excluding hydrogens is 295 g/mol. The van der Waals surface area contributed by atoms with Gasteiger partial charge < -0.3 is 4.74 Å². The quantitative estimate of drug-likeness (QED) is 0.610. The van der Waals surface area contributed by atoms with Gasteiger partial charge in [0.1, 0.15) is 5.82 Å². The van der Waals surface area contributed by atoms with Crippen molar-refractivity contribution in [2.24, 2.45) is 0 Å². The van der Waals surface area contributed by atoms with Gasteiger partial charge in [0.15, 0.2) is 5.69 Å². The average molecular weight is 298 g/mol. The summed E-state index contributed by atoms with van der Waals surface area (Å²) in [5, 5.41) is 0. The third-order valence-electron chi connectivity index (χ3n) is 1.67. The monoisotopic (exact) mass is 297 g/mol. The van der Waals surface area contributed by atoms with E-state index in [2.05, 4.69) is 9.72 Å². The molecule has 0 atom stereocenters. The molecule has 0 aliphatic rings. The maximum atomic E-state index is 13.1. The lowest BCUT2D eigenvalue weighted by atomic mass is 10.2. The normalized spacial score (nSPS) is 12.7. The molecule has 2 nitrogen and oxygen atoms in total. The minimum atomic E-state index is -5.30. The Morgan fingerprint density at radius 3 is 2.11 bits per heavy atom. The Morgan fingerprint density at radius 1 is 1.17 bits per heavy atom. The van der Waals surface area contributed by atoms with Crippen molar-refractivity contribution in [1.29, 1.82) is 0 Å². The average Bonchev–Trinajstić information content (AvgIpc) is 2.13. The van der Waals surface area contributed by atoms with Gasteiger partial charge in [0.25, 0.3) is 0 Å². The second kappa shape index (κ2) is 4.79. The summed E-state index contributed by atoms with van der Waals surface area (Å²) < 4.78 is 88.7. The van der Waals surface area contributed by atoms with Crippen molar-refractivity contribution in [3.8, 4) is 5.88 Å². The van der Waals surface area contributed by atoms with Gasteiger partial charge in [-0.3, -0.25) is 0 Å². The molecule has 0 radical (unpaired) electrons. The zero-order valence-corrected chi connectivity index (χ0v) is 8.92. The lowest BCUT2D eigenvalue weighted by Crippen LogP contribution is -2.21. The van der Waals surface area contributed by atoms with E-state index in [1.54, 1.807) is 0 Å². The minimum Gasteiger partial charge on any atom is -0.387 e. The largest absolute Gasteiger partial charge is 0.574 e. The van der Waals surface area contributed by atoms with Crippen molar-refractivity contribution in [1.82, 2.24) is 4.98 Å². The van der Waals surface area contributed by atoms with Crippen LogP contribution >= 0.6 is 11.6 Å². The van der Waals surface area contributed by atoms with Gasteiger partial charge in [0, 0.05) is 6.07 Å². The summed E-state index contributed by atoms with van der Waals surface area (Å²) in [7, 11) is 0. The van der Waals surface area contributed by atoms with Crippen LogP contribution in [0.15, 0.2) is 6.07 Å². The van der Waals surface area contributed by atoms with E-state index in [1.807, 2.05) is 0 Å². The summed E-state index contributed by atoms with van der Waals surface area (Å²) >= 11 is 5.12. The predicted molar refractivity (Wildman–Crippen MR) is 45.4 cm³/mol. The van der Waals surface area contributed by atoms with E-state index in [9.17, 15) is 30.7 Å². The molecule has 0 bridgehead atoms. The first kappa shape index (κ1) is 14.8. The highest BCUT2D eigenvalue weighted by atomic mass is 35.5. The Bertz CT molecular complexity index is 442. The van der Waals surface area contributed by atoms with Crippen LogP contribution in [0.25, 0.3) is 0 Å². The fourth-order valence-electron chi connectivity index (χ4n) is 0.979. The van der Waals surface area contributed by atoms with E-state index in [1.165, 1.54) is 0 Å². The van der Waals surface area contributed by atoms with Crippen LogP contribution in [0.1, 0.15) is 11.3 Å². The Balaban J connectivity index is 3.33. The zero-order valence-electron chi connectivity index (χ0n) is 8.16. The van der Waals surface area contributed by atoms with Gasteiger partial charge >= 0.3 is 12.5 Å². The van der Waals surface area contributed by atoms with Crippen LogP contribution in [0.5, 0.6) is 5.88 Å². The fraction of sp³-hybridized carbons (Fsp3) is 0.375. The summed E-state index contributed by atoms with van der Waals surface area (Å²) in [6.07, 6.45) is -10.4. The molecule has 0 amide bonds. The SMILES string of the molecule is Fc1cc(C(F)(F)F)nc(OC(F)(F)F)c1CCl. The van der Waals surface area contributed by atoms with Gasteiger partial charge in [-0.15, -0.1) is 24.8 Å². The second-order valence-electron chi connectivity index (χ2n) is 2.95. The molecule has 1 aromatic heterocycles. The Labute approximate surface area is 100 Å². The lowest BCUT2D eigenvalue weighted by Gasteiger charge is -2.14. The van der Waals surface area contributed by atoms with Gasteiger partial charge in [-0.05, 0) is 0 Å². The molecule has 0 unspecified atom stereocenters. The molecule has 1 heterocycles. The van der Waals surface area contributed by atoms with Crippen molar-refractivity contribution >= 4 is 11.6 Å². The molecule has 0 saturated heterocycles. The highest BCUT2D eigenvalue weighted by Gasteiger charge is 2.38. The van der Waals surface area contributed by atoms with Gasteiger partial charge in [0.2, 0.25) is 5.88 Å². The highest BCUT2D eigenvalue weighted by Crippen LogP contribution is 2.34. The van der Waals surface area contributed by atoms with Crippen LogP contribution < -0.4 is 4.74 Å². The van der Waals surface area contributed by atoms with Crippen molar-refractivity contribution in [2.75, 3.05) is 0 Å². The maximum Gasteiger partial charge on any atom is 0.574 e. The van der Waals surface area contributed by atoms with Crippen molar-refractivity contribution in [2.45, 2.75) is 18.4 Å². The molecule has 18 heavy (non-hydrogen) atoms. The number of nitrogens with zero attached hydrogens (tertiary/aromatic N) is 1. The second-order valence-corrected chi connectivity index (χ2v) is 3.22. The summed E-state index contributed by atoms with van der Waals surface area (Å²) in [5.41, 5.74) is -2.74. The van der Waals surface area contributed by atoms with Gasteiger partial charge in [-0.1, -0.05) is 0 Å². The van der Waals surface area contributed by atoms with Gasteiger partial charge in [0.05, 0.1) is 11.4 Å². The Morgan fingerprint density at radius 2 is 1.72 bits per heavy atom. The molecule has 102 valence electrons. The molecular formula is C8H3ClF7NO. The van der Waals surface area contributed by atoms with Crippen LogP contribution in [-0.4, -0.2) is 11.3 Å². The molecule has 10 heteroatoms. The molecule has 1 aromatic rings. The van der Waals surface area contributed by atoms with Crippen molar-refractivity contribution < 1.29 is 35.5 Å². The molecule has 0 aliphatic heterocycles. The third kappa shape index (κ3) is 3.62. The van der Waals surface area contributed by atoms with Crippen molar-refractivity contribution in [3.05, 3.63) is 23.1 Å². The van der Waals surface area contributed by atoms with E-state index < -0.39 is 41.4 Å². The number of ether oxygens (including phenoxy) is 1. The van der Waals surface area contributed by atoms with Gasteiger partial charge in [-0.25, -0.2) is 9.37 Å². The number of pyridine rings is 1. The molecule has 0 saturated carbocycles. The first-order valence-corrected chi connectivity index (χ1v) is 4.66. The Hall–Kier alpha value is -1.25. The number of hydrogen-bond donors (Lipinski definition) is 0. The van der Waals surface area contributed by atoms with Crippen molar-refractivity contribution in [3.63, 3.8) is 0 Å². The molecule has 0 fully saturated rings. The number of alkyl halides is 7. The molecule has 0 N–H and O–H groups in total. The van der Waals surface area contributed by atoms with Crippen LogP contribution in [0.4, 0.5) is 30.7 Å². The summed E-state index contributed by atoms with van der Waals surface area (Å²) in [6, 6.07) is -0.0546. The fourth-order valence-corrected chi connectivity index (χ4v) is 1.22. The summed E-state index contributed by atoms with van der Waals surface area (Å²) in [4.78, 5) is 2.57. The van der Waals surface area contributed by atoms with Crippen LogP contribution in [-0.2, 0) is 12.1 Å². The first-order chi connectivity index (χ1) is 8.04. The molecule has 0 aromatic carbocycles. The zero-order chi connectivity index (χ0) is 14.1. The minimum absolute atomic E-state index is 0.0546. The lowest BCUT2D eigenvalue weighted by molar-refractivity contribution is -0.276. The highest BCUT2D eigenvalue weighted by molar-refractivity contribution is 6.17. The van der Waals surface area contributed by atoms with Crippen LogP contribution in [0.3, 0.4) is 0 Å². The van der Waals surface area contributed by atoms with E-state index in [-0.39, 0.29) is 6.07 Å². The van der Waals surface area contributed by atoms with E-state index >= 15 is 0 Å². The number of rotatable bonds is 2. The predicted octanol–water partition coefficient (Wildman–Crippen LogP) is 3.88. The number of hydrogen-bond acceptors (Lipinski definition) is 2. The van der Waals surface area contributed by atoms with Crippen LogP contribution in [0, 0.1) is 5.82 Å². The smallest absolute Gasteiger partial charge is 0.387 e. The number of halogens is 8. The van der Waals surface area contributed by atoms with Crippen LogP contribution in [0.2, 0.25) is 0 Å². The molecule has 0 spiro atoms. The summed E-state index contributed by atoms with van der Waals surface area (Å²) in [6.45, 7) is 0. The maximum absolute atomic E-state index is 13.1. The molecule has 0 aliphatic carbocycles. The standard InChI is InChI=1S/C8H3ClF7NO/c9-2-3-4(10)1-5(7(11,12)13)17-6(3)18-8(14,15)16/h1H,2H2. The van der Waals surface area contributed by atoms with E-state index in [0.717, 1.165) is 0 Å². The van der Waals surface area contributed by atoms with E-state index in [0.29, 0.717) is 0 Å². The number of aromatic nitrogens is 1. The topological polar surface area (TPSA) is 22.1 Å². The molecule has 1 rings (SSSR count). The summed E-state index contributed by atoms with van der Waals surface area (Å²) in [5.74, 6) is -3.95. The van der Waals surface area contributed by atoms with E-state index in [4.69, 9.17) is 11.6 Å². The third-order valence-corrected chi connectivity index (χ3v) is 1.94. The first-order valence-electron chi connectivity index (χ1n) is 4.13. The van der Waals surface area contributed by atoms with Gasteiger partial charge in [-0.2, -0.15) is 13.2 Å².